The number of aliphatic carboxylic acids is 3. The molecule has 7 heteroatoms. The zero-order valence-electron chi connectivity index (χ0n) is 24.3. The summed E-state index contributed by atoms with van der Waals surface area (Å²) in [7, 11) is 0. The first kappa shape index (κ1) is 36.1. The van der Waals surface area contributed by atoms with Crippen LogP contribution in [0.1, 0.15) is 142 Å². The Labute approximate surface area is 232 Å². The highest BCUT2D eigenvalue weighted by atomic mass is 16.4. The summed E-state index contributed by atoms with van der Waals surface area (Å²) in [5, 5.41) is 27.0. The number of rotatable bonds is 29. The highest BCUT2D eigenvalue weighted by molar-refractivity contribution is 5.67. The molecule has 0 aromatic rings. The molecule has 0 heterocycles. The van der Waals surface area contributed by atoms with Crippen LogP contribution >= 0.6 is 0 Å². The minimum Gasteiger partial charge on any atom is -0.481 e. The summed E-state index contributed by atoms with van der Waals surface area (Å²) in [5.74, 6) is -2.33. The molecule has 38 heavy (non-hydrogen) atoms. The zero-order chi connectivity index (χ0) is 28.3. The van der Waals surface area contributed by atoms with Gasteiger partial charge in [-0.1, -0.05) is 76.9 Å². The van der Waals surface area contributed by atoms with Gasteiger partial charge in [-0.3, -0.25) is 14.4 Å². The van der Waals surface area contributed by atoms with Gasteiger partial charge in [0.2, 0.25) is 0 Å². The molecule has 3 N–H and O–H groups in total. The van der Waals surface area contributed by atoms with E-state index < -0.39 is 17.9 Å². The lowest BCUT2D eigenvalue weighted by molar-refractivity contribution is -0.928. The fourth-order valence-electron chi connectivity index (χ4n) is 5.17. The van der Waals surface area contributed by atoms with Crippen LogP contribution in [0.25, 0.3) is 0 Å². The van der Waals surface area contributed by atoms with Crippen LogP contribution in [0.4, 0.5) is 0 Å². The third-order valence-electron chi connectivity index (χ3n) is 7.48. The van der Waals surface area contributed by atoms with Gasteiger partial charge < -0.3 is 19.8 Å². The highest BCUT2D eigenvalue weighted by Gasteiger charge is 2.26. The van der Waals surface area contributed by atoms with Crippen LogP contribution in [0.3, 0.4) is 0 Å². The normalized spacial score (nSPS) is 11.8. The molecule has 0 saturated heterocycles. The Morgan fingerprint density at radius 1 is 0.474 bits per heavy atom. The fourth-order valence-corrected chi connectivity index (χ4v) is 5.17. The van der Waals surface area contributed by atoms with E-state index in [4.69, 9.17) is 15.3 Å². The SMILES string of the molecule is CCCCCCCCCCCC/C=C/CC[N+](CCCCC(=O)O)(CCCCC(=O)O)CCCCC(=O)O. The first-order valence-corrected chi connectivity index (χ1v) is 15.5. The molecule has 0 aliphatic rings. The number of nitrogens with zero attached hydrogens (tertiary/aromatic N) is 1. The molecule has 0 rings (SSSR count). The number of hydrogen-bond acceptors (Lipinski definition) is 3. The van der Waals surface area contributed by atoms with Crippen LogP contribution in [-0.4, -0.2) is 63.9 Å². The standard InChI is InChI=1S/C31H57NO6/c1-2-3-4-5-6-7-8-9-10-11-12-13-14-18-25-32(26-19-15-22-29(33)34,27-20-16-23-30(35)36)28-21-17-24-31(37)38/h13-14H,2-12,15-28H2,1H3,(H2-,33,34,35,36,37,38)/p+1/b14-13+. The van der Waals surface area contributed by atoms with Gasteiger partial charge in [0.1, 0.15) is 0 Å². The van der Waals surface area contributed by atoms with E-state index in [-0.39, 0.29) is 19.3 Å². The van der Waals surface area contributed by atoms with Crippen LogP contribution in [0.15, 0.2) is 12.2 Å². The van der Waals surface area contributed by atoms with Gasteiger partial charge in [-0.15, -0.1) is 0 Å². The minimum absolute atomic E-state index is 0.163. The summed E-state index contributed by atoms with van der Waals surface area (Å²) in [6.45, 7) is 5.77. The third-order valence-corrected chi connectivity index (χ3v) is 7.48. The van der Waals surface area contributed by atoms with Crippen LogP contribution < -0.4 is 0 Å². The molecule has 0 aromatic carbocycles. The highest BCUT2D eigenvalue weighted by Crippen LogP contribution is 2.18. The largest absolute Gasteiger partial charge is 0.481 e. The maximum absolute atomic E-state index is 11.0. The molecular weight excluding hydrogens is 482 g/mol. The number of allylic oxidation sites excluding steroid dienone is 1. The molecule has 0 fully saturated rings. The topological polar surface area (TPSA) is 112 Å². The predicted molar refractivity (Wildman–Crippen MR) is 154 cm³/mol. The number of unbranched alkanes of at least 4 members (excludes halogenated alkanes) is 13. The lowest BCUT2D eigenvalue weighted by Gasteiger charge is -2.39. The van der Waals surface area contributed by atoms with Gasteiger partial charge in [-0.2, -0.15) is 0 Å². The van der Waals surface area contributed by atoms with Crippen LogP contribution in [-0.2, 0) is 14.4 Å². The fraction of sp³-hybridized carbons (Fsp3) is 0.839. The number of carbonyl (C=O) groups is 3. The Balaban J connectivity index is 4.63. The summed E-state index contributed by atoms with van der Waals surface area (Å²) in [5.41, 5.74) is 0. The monoisotopic (exact) mass is 540 g/mol. The second-order valence-corrected chi connectivity index (χ2v) is 11.0. The van der Waals surface area contributed by atoms with E-state index in [1.807, 2.05) is 0 Å². The lowest BCUT2D eigenvalue weighted by Crippen LogP contribution is -2.50. The Hall–Kier alpha value is -1.89. The number of carboxylic acids is 3. The molecule has 0 spiro atoms. The maximum Gasteiger partial charge on any atom is 0.303 e. The van der Waals surface area contributed by atoms with Crippen molar-refractivity contribution in [3.8, 4) is 0 Å². The second-order valence-electron chi connectivity index (χ2n) is 11.0. The van der Waals surface area contributed by atoms with Crippen molar-refractivity contribution in [1.82, 2.24) is 0 Å². The van der Waals surface area contributed by atoms with Crippen molar-refractivity contribution in [3.05, 3.63) is 12.2 Å². The second kappa shape index (κ2) is 25.4. The summed E-state index contributed by atoms with van der Waals surface area (Å²) in [6, 6.07) is 0. The van der Waals surface area contributed by atoms with Crippen LogP contribution in [0.2, 0.25) is 0 Å². The van der Waals surface area contributed by atoms with E-state index in [1.165, 1.54) is 64.2 Å². The molecule has 0 bridgehead atoms. The Bertz CT molecular complexity index is 579. The summed E-state index contributed by atoms with van der Waals surface area (Å²) in [6.07, 6.45) is 24.8. The van der Waals surface area contributed by atoms with Gasteiger partial charge >= 0.3 is 17.9 Å². The smallest absolute Gasteiger partial charge is 0.303 e. The minimum atomic E-state index is -0.777. The summed E-state index contributed by atoms with van der Waals surface area (Å²) in [4.78, 5) is 32.9. The third kappa shape index (κ3) is 24.4. The number of hydrogen-bond donors (Lipinski definition) is 3. The van der Waals surface area contributed by atoms with E-state index in [9.17, 15) is 14.4 Å². The van der Waals surface area contributed by atoms with Gasteiger partial charge in [0.25, 0.3) is 0 Å². The van der Waals surface area contributed by atoms with E-state index in [0.29, 0.717) is 19.3 Å². The molecule has 222 valence electrons. The molecule has 0 saturated carbocycles. The summed E-state index contributed by atoms with van der Waals surface area (Å²) >= 11 is 0. The number of quaternary nitrogens is 1. The summed E-state index contributed by atoms with van der Waals surface area (Å²) < 4.78 is 0.821. The average molecular weight is 541 g/mol. The van der Waals surface area contributed by atoms with Gasteiger partial charge in [0.15, 0.2) is 0 Å². The predicted octanol–water partition coefficient (Wildman–Crippen LogP) is 7.83. The van der Waals surface area contributed by atoms with Crippen LogP contribution in [0, 0.1) is 0 Å². The Kier molecular flexibility index (Phi) is 24.1. The van der Waals surface area contributed by atoms with Gasteiger partial charge in [-0.05, 0) is 51.4 Å². The van der Waals surface area contributed by atoms with Gasteiger partial charge in [-0.25, -0.2) is 0 Å². The van der Waals surface area contributed by atoms with Crippen molar-refractivity contribution in [2.24, 2.45) is 0 Å². The lowest BCUT2D eigenvalue weighted by atomic mass is 10.1. The van der Waals surface area contributed by atoms with Crippen molar-refractivity contribution in [1.29, 1.82) is 0 Å². The van der Waals surface area contributed by atoms with Crippen molar-refractivity contribution in [3.63, 3.8) is 0 Å². The molecular formula is C31H58NO6+. The van der Waals surface area contributed by atoms with E-state index >= 15 is 0 Å². The van der Waals surface area contributed by atoms with Gasteiger partial charge in [0.05, 0.1) is 26.2 Å². The molecule has 7 nitrogen and oxygen atoms in total. The molecule has 0 unspecified atom stereocenters. The molecule has 0 aromatic heterocycles. The first-order chi connectivity index (χ1) is 18.3. The maximum atomic E-state index is 11.0. The first-order valence-electron chi connectivity index (χ1n) is 15.5. The molecule has 0 aliphatic carbocycles. The van der Waals surface area contributed by atoms with E-state index in [0.717, 1.165) is 62.8 Å². The van der Waals surface area contributed by atoms with Crippen molar-refractivity contribution in [2.45, 2.75) is 142 Å². The van der Waals surface area contributed by atoms with Crippen LogP contribution in [0.5, 0.6) is 0 Å². The average Bonchev–Trinajstić information content (AvgIpc) is 2.87. The van der Waals surface area contributed by atoms with Crippen molar-refractivity contribution >= 4 is 17.9 Å². The van der Waals surface area contributed by atoms with Crippen molar-refractivity contribution in [2.75, 3.05) is 26.2 Å². The van der Waals surface area contributed by atoms with Crippen molar-refractivity contribution < 1.29 is 34.2 Å². The number of carboxylic acid groups (broad SMARTS) is 3. The molecule has 0 radical (unpaired) electrons. The van der Waals surface area contributed by atoms with Gasteiger partial charge in [0, 0.05) is 25.7 Å². The zero-order valence-corrected chi connectivity index (χ0v) is 24.3. The quantitative estimate of drug-likeness (QED) is 0.0506. The molecule has 0 aliphatic heterocycles. The van der Waals surface area contributed by atoms with E-state index in [1.54, 1.807) is 0 Å². The Morgan fingerprint density at radius 3 is 1.24 bits per heavy atom. The molecule has 0 amide bonds. The molecule has 0 atom stereocenters. The van der Waals surface area contributed by atoms with E-state index in [2.05, 4.69) is 19.1 Å². The Morgan fingerprint density at radius 2 is 0.842 bits per heavy atom.